The summed E-state index contributed by atoms with van der Waals surface area (Å²) in [6.07, 6.45) is 8.94. The van der Waals surface area contributed by atoms with E-state index in [2.05, 4.69) is 43.6 Å². The molecule has 0 fully saturated rings. The Bertz CT molecular complexity index is 1170. The Hall–Kier alpha value is -2.40. The minimum atomic E-state index is -0.0407. The van der Waals surface area contributed by atoms with Crippen molar-refractivity contribution in [2.45, 2.75) is 79.1 Å². The summed E-state index contributed by atoms with van der Waals surface area (Å²) >= 11 is 3.61. The first-order valence-corrected chi connectivity index (χ1v) is 15.0. The van der Waals surface area contributed by atoms with E-state index in [1.54, 1.807) is 0 Å². The van der Waals surface area contributed by atoms with Crippen molar-refractivity contribution >= 4 is 50.3 Å². The van der Waals surface area contributed by atoms with E-state index in [0.717, 1.165) is 71.9 Å². The number of rotatable bonds is 12. The average molecular weight is 566 g/mol. The molecule has 0 aliphatic carbocycles. The molecule has 2 atom stereocenters. The molecule has 0 saturated heterocycles. The lowest BCUT2D eigenvalue weighted by Gasteiger charge is -2.24. The van der Waals surface area contributed by atoms with Crippen molar-refractivity contribution in [1.29, 1.82) is 0 Å². The Kier molecular flexibility index (Phi) is 9.28. The van der Waals surface area contributed by atoms with Crippen molar-refractivity contribution < 1.29 is 9.59 Å². The fourth-order valence-electron chi connectivity index (χ4n) is 5.78. The van der Waals surface area contributed by atoms with Crippen LogP contribution in [0.25, 0.3) is 11.1 Å². The third kappa shape index (κ3) is 5.57. The number of fused-ring (bicyclic) bond motifs is 2. The number of benzene rings is 2. The van der Waals surface area contributed by atoms with Gasteiger partial charge >= 0.3 is 0 Å². The molecule has 198 valence electrons. The van der Waals surface area contributed by atoms with E-state index in [1.807, 2.05) is 52.3 Å². The number of amides is 2. The molecule has 5 heteroatoms. The van der Waals surface area contributed by atoms with Crippen LogP contribution in [0, 0.1) is 11.8 Å². The van der Waals surface area contributed by atoms with Crippen LogP contribution in [0.15, 0.2) is 46.9 Å². The van der Waals surface area contributed by atoms with Crippen molar-refractivity contribution in [3.8, 4) is 0 Å². The summed E-state index contributed by atoms with van der Waals surface area (Å²) in [7, 11) is 0. The smallest absolute Gasteiger partial charge is 0.259 e. The standard InChI is InChI=1S/C32H41BrN2O2/c1-5-9-13-22(7-3)20-34-27-16-12-11-15-25(27)29(31(34)36)30-26-18-17-24(33)19-28(26)35(32(30)37)21-23(8-4)14-10-6-2/h11-12,15-19,22-23H,5-10,13-14,20-21H2,1-4H3/b30-29+. The van der Waals surface area contributed by atoms with Gasteiger partial charge in [-0.05, 0) is 42.9 Å². The quantitative estimate of drug-likeness (QED) is 0.242. The summed E-state index contributed by atoms with van der Waals surface area (Å²) in [5.41, 5.74) is 4.73. The van der Waals surface area contributed by atoms with Crippen LogP contribution < -0.4 is 9.80 Å². The van der Waals surface area contributed by atoms with Gasteiger partial charge < -0.3 is 9.80 Å². The number of carbonyl (C=O) groups is 2. The number of para-hydroxylation sites is 1. The molecule has 4 rings (SSSR count). The second kappa shape index (κ2) is 12.4. The molecule has 0 N–H and O–H groups in total. The molecule has 2 aliphatic heterocycles. The molecular weight excluding hydrogens is 524 g/mol. The average Bonchev–Trinajstić information content (AvgIpc) is 3.32. The van der Waals surface area contributed by atoms with E-state index < -0.39 is 0 Å². The summed E-state index contributed by atoms with van der Waals surface area (Å²) in [5.74, 6) is 0.811. The zero-order valence-electron chi connectivity index (χ0n) is 22.9. The highest BCUT2D eigenvalue weighted by atomic mass is 79.9. The second-order valence-corrected chi connectivity index (χ2v) is 11.5. The van der Waals surface area contributed by atoms with Gasteiger partial charge in [0.25, 0.3) is 11.8 Å². The van der Waals surface area contributed by atoms with Gasteiger partial charge in [-0.2, -0.15) is 0 Å². The molecule has 2 aliphatic rings. The van der Waals surface area contributed by atoms with Crippen molar-refractivity contribution in [2.75, 3.05) is 22.9 Å². The van der Waals surface area contributed by atoms with E-state index in [0.29, 0.717) is 36.1 Å². The molecule has 2 unspecified atom stereocenters. The lowest BCUT2D eigenvalue weighted by atomic mass is 9.96. The predicted octanol–water partition coefficient (Wildman–Crippen LogP) is 8.49. The van der Waals surface area contributed by atoms with Gasteiger partial charge in [0.15, 0.2) is 0 Å². The van der Waals surface area contributed by atoms with E-state index in [1.165, 1.54) is 6.42 Å². The largest absolute Gasteiger partial charge is 0.307 e. The zero-order chi connectivity index (χ0) is 26.5. The van der Waals surface area contributed by atoms with Crippen molar-refractivity contribution in [3.63, 3.8) is 0 Å². The van der Waals surface area contributed by atoms with Crippen LogP contribution in [0.3, 0.4) is 0 Å². The van der Waals surface area contributed by atoms with E-state index in [4.69, 9.17) is 0 Å². The lowest BCUT2D eigenvalue weighted by molar-refractivity contribution is -0.114. The summed E-state index contributed by atoms with van der Waals surface area (Å²) in [5, 5.41) is 0. The molecule has 0 aromatic heterocycles. The van der Waals surface area contributed by atoms with Crippen molar-refractivity contribution in [1.82, 2.24) is 0 Å². The normalized spacial score (nSPS) is 18.4. The van der Waals surface area contributed by atoms with E-state index >= 15 is 0 Å². The van der Waals surface area contributed by atoms with Crippen molar-refractivity contribution in [3.05, 3.63) is 58.1 Å². The van der Waals surface area contributed by atoms with Gasteiger partial charge in [0.05, 0.1) is 22.5 Å². The molecule has 4 nitrogen and oxygen atoms in total. The number of hydrogen-bond donors (Lipinski definition) is 0. The second-order valence-electron chi connectivity index (χ2n) is 10.6. The molecule has 0 bridgehead atoms. The number of anilines is 2. The monoisotopic (exact) mass is 564 g/mol. The SMILES string of the molecule is CCCCC(CC)CN1C(=O)/C(=C2/C(=O)N(CC(CC)CCCC)c3cc(Br)ccc32)c2ccccc21. The Morgan fingerprint density at radius 1 is 0.703 bits per heavy atom. The van der Waals surface area contributed by atoms with Crippen molar-refractivity contribution in [2.24, 2.45) is 11.8 Å². The first kappa shape index (κ1) is 27.6. The number of nitrogens with zero attached hydrogens (tertiary/aromatic N) is 2. The zero-order valence-corrected chi connectivity index (χ0v) is 24.4. The number of unbranched alkanes of at least 4 members (excludes halogenated alkanes) is 2. The molecule has 2 aromatic carbocycles. The molecular formula is C32H41BrN2O2. The van der Waals surface area contributed by atoms with Crippen LogP contribution in [0.1, 0.15) is 90.2 Å². The Morgan fingerprint density at radius 2 is 1.22 bits per heavy atom. The fourth-order valence-corrected chi connectivity index (χ4v) is 6.12. The third-order valence-corrected chi connectivity index (χ3v) is 8.61. The number of carbonyl (C=O) groups excluding carboxylic acids is 2. The third-order valence-electron chi connectivity index (χ3n) is 8.12. The molecule has 37 heavy (non-hydrogen) atoms. The van der Waals surface area contributed by atoms with Crippen LogP contribution in [-0.2, 0) is 9.59 Å². The lowest BCUT2D eigenvalue weighted by Crippen LogP contribution is -2.34. The van der Waals surface area contributed by atoms with Gasteiger partial charge in [0.2, 0.25) is 0 Å². The van der Waals surface area contributed by atoms with Gasteiger partial charge in [-0.25, -0.2) is 0 Å². The Labute approximate surface area is 231 Å². The van der Waals surface area contributed by atoms with E-state index in [9.17, 15) is 9.59 Å². The predicted molar refractivity (Wildman–Crippen MR) is 159 cm³/mol. The molecule has 0 spiro atoms. The number of halogens is 1. The molecule has 0 saturated carbocycles. The van der Waals surface area contributed by atoms with Gasteiger partial charge in [-0.15, -0.1) is 0 Å². The summed E-state index contributed by atoms with van der Waals surface area (Å²) in [4.78, 5) is 32.1. The molecule has 2 aromatic rings. The van der Waals surface area contributed by atoms with Gasteiger partial charge in [-0.3, -0.25) is 9.59 Å². The fraction of sp³-hybridized carbons (Fsp3) is 0.500. The van der Waals surface area contributed by atoms with Crippen LogP contribution >= 0.6 is 15.9 Å². The van der Waals surface area contributed by atoms with Crippen LogP contribution in [0.2, 0.25) is 0 Å². The highest BCUT2D eigenvalue weighted by molar-refractivity contribution is 9.10. The Morgan fingerprint density at radius 3 is 1.76 bits per heavy atom. The maximum absolute atomic E-state index is 14.1. The maximum atomic E-state index is 14.1. The Balaban J connectivity index is 1.78. The topological polar surface area (TPSA) is 40.6 Å². The maximum Gasteiger partial charge on any atom is 0.259 e. The number of hydrogen-bond acceptors (Lipinski definition) is 2. The van der Waals surface area contributed by atoms with Gasteiger partial charge in [0, 0.05) is 28.7 Å². The first-order chi connectivity index (χ1) is 17.9. The van der Waals surface area contributed by atoms with E-state index in [-0.39, 0.29) is 11.8 Å². The molecule has 2 amide bonds. The first-order valence-electron chi connectivity index (χ1n) is 14.2. The van der Waals surface area contributed by atoms with Gasteiger partial charge in [-0.1, -0.05) is 106 Å². The minimum absolute atomic E-state index is 0.0340. The van der Waals surface area contributed by atoms with Crippen LogP contribution in [0.5, 0.6) is 0 Å². The van der Waals surface area contributed by atoms with Crippen LogP contribution in [-0.4, -0.2) is 24.9 Å². The highest BCUT2D eigenvalue weighted by Crippen LogP contribution is 2.47. The van der Waals surface area contributed by atoms with Crippen LogP contribution in [0.4, 0.5) is 11.4 Å². The minimum Gasteiger partial charge on any atom is -0.307 e. The highest BCUT2D eigenvalue weighted by Gasteiger charge is 2.42. The summed E-state index contributed by atoms with van der Waals surface area (Å²) in [6, 6.07) is 14.0. The molecule has 0 radical (unpaired) electrons. The molecule has 2 heterocycles. The van der Waals surface area contributed by atoms with Gasteiger partial charge in [0.1, 0.15) is 0 Å². The summed E-state index contributed by atoms with van der Waals surface area (Å²) < 4.78 is 0.943. The summed E-state index contributed by atoms with van der Waals surface area (Å²) in [6.45, 7) is 10.2.